The smallest absolute Gasteiger partial charge is 0.335 e. The second kappa shape index (κ2) is 6.87. The zero-order valence-electron chi connectivity index (χ0n) is 11.6. The molecular weight excluding hydrogens is 236 g/mol. The highest BCUT2D eigenvalue weighted by Crippen LogP contribution is 2.19. The van der Waals surface area contributed by atoms with Gasteiger partial charge in [0.05, 0.1) is 12.2 Å². The van der Waals surface area contributed by atoms with Gasteiger partial charge >= 0.3 is 5.97 Å². The number of hydrogen-bond donors (Lipinski definition) is 3. The Hall–Kier alpha value is -0.910. The van der Waals surface area contributed by atoms with E-state index < -0.39 is 30.2 Å². The molecule has 0 amide bonds. The van der Waals surface area contributed by atoms with Crippen molar-refractivity contribution in [1.29, 1.82) is 0 Å². The van der Waals surface area contributed by atoms with E-state index >= 15 is 0 Å². The van der Waals surface area contributed by atoms with Crippen LogP contribution in [0.25, 0.3) is 0 Å². The van der Waals surface area contributed by atoms with Gasteiger partial charge in [-0.3, -0.25) is 0 Å². The third kappa shape index (κ3) is 5.62. The van der Waals surface area contributed by atoms with E-state index in [0.717, 1.165) is 0 Å². The van der Waals surface area contributed by atoms with E-state index in [2.05, 4.69) is 0 Å². The summed E-state index contributed by atoms with van der Waals surface area (Å²) >= 11 is 0. The molecule has 0 aliphatic heterocycles. The Kier molecular flexibility index (Phi) is 6.52. The van der Waals surface area contributed by atoms with Crippen molar-refractivity contribution in [3.8, 4) is 0 Å². The molecule has 0 bridgehead atoms. The average molecular weight is 260 g/mol. The normalized spacial score (nSPS) is 19.5. The van der Waals surface area contributed by atoms with Crippen LogP contribution in [0.1, 0.15) is 27.7 Å². The molecule has 0 aromatic carbocycles. The lowest BCUT2D eigenvalue weighted by atomic mass is 9.90. The maximum atomic E-state index is 10.8. The monoisotopic (exact) mass is 260 g/mol. The molecule has 0 fully saturated rings. The van der Waals surface area contributed by atoms with Crippen LogP contribution >= 0.6 is 0 Å². The predicted molar refractivity (Wildman–Crippen MR) is 68.2 cm³/mol. The third-order valence-electron chi connectivity index (χ3n) is 2.68. The number of aliphatic carboxylic acids is 1. The van der Waals surface area contributed by atoms with Gasteiger partial charge in [-0.1, -0.05) is 39.8 Å². The molecule has 0 rings (SSSR count). The van der Waals surface area contributed by atoms with E-state index in [1.54, 1.807) is 13.0 Å². The average Bonchev–Trinajstić information content (AvgIpc) is 2.24. The molecular formula is C13H24O5. The number of carbonyl (C=O) groups is 1. The fourth-order valence-corrected chi connectivity index (χ4v) is 1.43. The summed E-state index contributed by atoms with van der Waals surface area (Å²) in [7, 11) is 1.21. The van der Waals surface area contributed by atoms with Crippen LogP contribution in [-0.4, -0.2) is 46.7 Å². The van der Waals surface area contributed by atoms with Crippen LogP contribution in [0.3, 0.4) is 0 Å². The molecule has 0 unspecified atom stereocenters. The van der Waals surface area contributed by atoms with Gasteiger partial charge in [0.15, 0.2) is 6.10 Å². The minimum Gasteiger partial charge on any atom is -0.479 e. The number of methoxy groups -OCH3 is 1. The molecule has 0 aromatic rings. The largest absolute Gasteiger partial charge is 0.479 e. The molecule has 0 saturated heterocycles. The molecule has 5 nitrogen and oxygen atoms in total. The highest BCUT2D eigenvalue weighted by molar-refractivity contribution is 5.73. The van der Waals surface area contributed by atoms with Gasteiger partial charge in [0.25, 0.3) is 0 Å². The number of rotatable bonds is 6. The standard InChI is InChI=1S/C13H24O5/c1-8(9(14)6-7-13(2,3)4)10(15)11(18-5)12(16)17/h6-11,14-15H,1-5H3,(H,16,17)/b7-6+/t8-,9+,10+,11+/m0/s1. The molecule has 106 valence electrons. The second-order valence-corrected chi connectivity index (χ2v) is 5.56. The first-order valence-corrected chi connectivity index (χ1v) is 5.91. The summed E-state index contributed by atoms with van der Waals surface area (Å²) in [6.45, 7) is 7.52. The van der Waals surface area contributed by atoms with Gasteiger partial charge in [-0.2, -0.15) is 0 Å². The predicted octanol–water partition coefficient (Wildman–Crippen LogP) is 1.05. The van der Waals surface area contributed by atoms with Crippen molar-refractivity contribution in [2.75, 3.05) is 7.11 Å². The first kappa shape index (κ1) is 17.1. The van der Waals surface area contributed by atoms with Crippen molar-refractivity contribution in [3.63, 3.8) is 0 Å². The summed E-state index contributed by atoms with van der Waals surface area (Å²) in [5.74, 6) is -1.88. The molecule has 0 spiro atoms. The molecule has 4 atom stereocenters. The van der Waals surface area contributed by atoms with Crippen LogP contribution in [0.5, 0.6) is 0 Å². The Balaban J connectivity index is 4.68. The van der Waals surface area contributed by atoms with Crippen molar-refractivity contribution in [2.45, 2.75) is 46.0 Å². The Bertz CT molecular complexity index is 292. The lowest BCUT2D eigenvalue weighted by Crippen LogP contribution is -2.43. The number of hydrogen-bond acceptors (Lipinski definition) is 4. The molecule has 0 aliphatic rings. The third-order valence-corrected chi connectivity index (χ3v) is 2.68. The van der Waals surface area contributed by atoms with Crippen molar-refractivity contribution >= 4 is 5.97 Å². The minimum absolute atomic E-state index is 0.0842. The molecule has 5 heteroatoms. The van der Waals surface area contributed by atoms with E-state index in [1.807, 2.05) is 26.8 Å². The molecule has 3 N–H and O–H groups in total. The van der Waals surface area contributed by atoms with Crippen molar-refractivity contribution in [1.82, 2.24) is 0 Å². The van der Waals surface area contributed by atoms with E-state index in [-0.39, 0.29) is 5.41 Å². The molecule has 18 heavy (non-hydrogen) atoms. The van der Waals surface area contributed by atoms with Crippen molar-refractivity contribution in [3.05, 3.63) is 12.2 Å². The lowest BCUT2D eigenvalue weighted by molar-refractivity contribution is -0.159. The molecule has 0 aliphatic carbocycles. The summed E-state index contributed by atoms with van der Waals surface area (Å²) in [4.78, 5) is 10.8. The summed E-state index contributed by atoms with van der Waals surface area (Å²) < 4.78 is 4.71. The highest BCUT2D eigenvalue weighted by atomic mass is 16.5. The Morgan fingerprint density at radius 3 is 2.11 bits per heavy atom. The minimum atomic E-state index is -1.34. The molecule has 0 aromatic heterocycles. The van der Waals surface area contributed by atoms with Crippen LogP contribution < -0.4 is 0 Å². The first-order valence-electron chi connectivity index (χ1n) is 5.91. The second-order valence-electron chi connectivity index (χ2n) is 5.56. The summed E-state index contributed by atoms with van der Waals surface area (Å²) in [6.07, 6.45) is -0.132. The van der Waals surface area contributed by atoms with E-state index in [1.165, 1.54) is 7.11 Å². The van der Waals surface area contributed by atoms with Crippen LogP contribution in [0.15, 0.2) is 12.2 Å². The van der Waals surface area contributed by atoms with E-state index in [0.29, 0.717) is 0 Å². The Labute approximate surface area is 108 Å². The van der Waals surface area contributed by atoms with Crippen LogP contribution in [0.4, 0.5) is 0 Å². The fraction of sp³-hybridized carbons (Fsp3) is 0.769. The molecule has 0 heterocycles. The summed E-state index contributed by atoms with van der Waals surface area (Å²) in [6, 6.07) is 0. The van der Waals surface area contributed by atoms with Gasteiger partial charge in [-0.05, 0) is 5.41 Å². The van der Waals surface area contributed by atoms with Crippen molar-refractivity contribution in [2.24, 2.45) is 11.3 Å². The maximum absolute atomic E-state index is 10.8. The van der Waals surface area contributed by atoms with Gasteiger partial charge in [0.1, 0.15) is 0 Å². The zero-order valence-corrected chi connectivity index (χ0v) is 11.6. The highest BCUT2D eigenvalue weighted by Gasteiger charge is 2.33. The SMILES string of the molecule is CO[C@@H](C(=O)O)[C@H](O)[C@@H](C)[C@H](O)/C=C/C(C)(C)C. The van der Waals surface area contributed by atoms with Gasteiger partial charge in [-0.25, -0.2) is 4.79 Å². The number of ether oxygens (including phenoxy) is 1. The lowest BCUT2D eigenvalue weighted by Gasteiger charge is -2.26. The number of aliphatic hydroxyl groups is 2. The van der Waals surface area contributed by atoms with Gasteiger partial charge in [-0.15, -0.1) is 0 Å². The van der Waals surface area contributed by atoms with E-state index in [9.17, 15) is 15.0 Å². The fourth-order valence-electron chi connectivity index (χ4n) is 1.43. The quantitative estimate of drug-likeness (QED) is 0.621. The molecule has 0 saturated carbocycles. The summed E-state index contributed by atoms with van der Waals surface area (Å²) in [5, 5.41) is 28.6. The van der Waals surface area contributed by atoms with Crippen molar-refractivity contribution < 1.29 is 24.9 Å². The number of carboxylic acid groups (broad SMARTS) is 1. The number of aliphatic hydroxyl groups excluding tert-OH is 2. The van der Waals surface area contributed by atoms with Crippen LogP contribution in [0, 0.1) is 11.3 Å². The zero-order chi connectivity index (χ0) is 14.5. The Morgan fingerprint density at radius 2 is 1.78 bits per heavy atom. The maximum Gasteiger partial charge on any atom is 0.335 e. The van der Waals surface area contributed by atoms with Crippen LogP contribution in [-0.2, 0) is 9.53 Å². The topological polar surface area (TPSA) is 87.0 Å². The number of allylic oxidation sites excluding steroid dienone is 1. The Morgan fingerprint density at radius 1 is 1.28 bits per heavy atom. The number of carboxylic acids is 1. The summed E-state index contributed by atoms with van der Waals surface area (Å²) in [5.41, 5.74) is -0.0842. The van der Waals surface area contributed by atoms with Gasteiger partial charge in [0, 0.05) is 13.0 Å². The molecule has 0 radical (unpaired) electrons. The van der Waals surface area contributed by atoms with Gasteiger partial charge < -0.3 is 20.1 Å². The van der Waals surface area contributed by atoms with Gasteiger partial charge in [0.2, 0.25) is 0 Å². The van der Waals surface area contributed by atoms with Crippen LogP contribution in [0.2, 0.25) is 0 Å². The first-order chi connectivity index (χ1) is 8.10. The van der Waals surface area contributed by atoms with E-state index in [4.69, 9.17) is 9.84 Å².